The highest BCUT2D eigenvalue weighted by Crippen LogP contribution is 2.40. The predicted molar refractivity (Wildman–Crippen MR) is 121 cm³/mol. The van der Waals surface area contributed by atoms with Gasteiger partial charge in [-0.1, -0.05) is 0 Å². The van der Waals surface area contributed by atoms with E-state index in [0.717, 1.165) is 11.5 Å². The van der Waals surface area contributed by atoms with E-state index >= 15 is 0 Å². The summed E-state index contributed by atoms with van der Waals surface area (Å²) in [7, 11) is -3.25. The van der Waals surface area contributed by atoms with E-state index < -0.39 is 33.9 Å². The molecule has 1 unspecified atom stereocenters. The minimum atomic E-state index is -5.08. The quantitative estimate of drug-likeness (QED) is 0.556. The highest BCUT2D eigenvalue weighted by atomic mass is 32.2. The van der Waals surface area contributed by atoms with Crippen LogP contribution in [0.5, 0.6) is 0 Å². The number of sulfonamides is 1. The van der Waals surface area contributed by atoms with E-state index in [1.807, 2.05) is 17.7 Å². The molecule has 2 aromatic rings. The van der Waals surface area contributed by atoms with Gasteiger partial charge >= 0.3 is 12.1 Å². The molecule has 1 atom stereocenters. The first-order valence-electron chi connectivity index (χ1n) is 11.3. The maximum atomic E-state index is 12.8. The fourth-order valence-corrected chi connectivity index (χ4v) is 5.09. The molecule has 204 valence electrons. The first kappa shape index (κ1) is 28.5. The summed E-state index contributed by atoms with van der Waals surface area (Å²) in [6, 6.07) is 0. The van der Waals surface area contributed by atoms with Gasteiger partial charge < -0.3 is 19.7 Å². The number of piperidine rings is 1. The molecule has 1 saturated heterocycles. The average molecular weight is 549 g/mol. The molecule has 0 aromatic carbocycles. The Labute approximate surface area is 210 Å². The molecule has 1 amide bonds. The van der Waals surface area contributed by atoms with Crippen LogP contribution in [0, 0.1) is 6.92 Å². The number of carboxylic acids is 1. The van der Waals surface area contributed by atoms with Crippen LogP contribution in [0.3, 0.4) is 0 Å². The van der Waals surface area contributed by atoms with Crippen molar-refractivity contribution in [1.29, 1.82) is 0 Å². The van der Waals surface area contributed by atoms with E-state index in [2.05, 4.69) is 20.3 Å². The number of carboxylic acid groups (broad SMARTS) is 1. The predicted octanol–water partition coefficient (Wildman–Crippen LogP) is 0.971. The van der Waals surface area contributed by atoms with Crippen molar-refractivity contribution in [2.45, 2.75) is 57.7 Å². The highest BCUT2D eigenvalue weighted by molar-refractivity contribution is 7.89. The zero-order chi connectivity index (χ0) is 27.4. The van der Waals surface area contributed by atoms with Crippen LogP contribution < -0.4 is 5.32 Å². The number of amides is 1. The minimum Gasteiger partial charge on any atom is -0.475 e. The molecule has 12 nitrogen and oxygen atoms in total. The normalized spacial score (nSPS) is 19.4. The Bertz CT molecular complexity index is 1210. The van der Waals surface area contributed by atoms with Crippen LogP contribution in [0.2, 0.25) is 0 Å². The number of alkyl halides is 3. The number of carbonyl (C=O) groups is 2. The lowest BCUT2D eigenvalue weighted by molar-refractivity contribution is -0.192. The van der Waals surface area contributed by atoms with Crippen molar-refractivity contribution >= 4 is 21.9 Å². The van der Waals surface area contributed by atoms with Crippen LogP contribution >= 0.6 is 0 Å². The molecule has 0 aliphatic carbocycles. The van der Waals surface area contributed by atoms with Gasteiger partial charge in [-0.3, -0.25) is 14.8 Å². The number of hydrogen-bond donors (Lipinski definition) is 2. The van der Waals surface area contributed by atoms with Gasteiger partial charge in [0.15, 0.2) is 6.10 Å². The second-order valence-corrected chi connectivity index (χ2v) is 10.7. The number of imidazole rings is 1. The van der Waals surface area contributed by atoms with Crippen LogP contribution in [-0.2, 0) is 43.0 Å². The number of carbonyl (C=O) groups excluding carboxylic acids is 1. The first-order valence-corrected chi connectivity index (χ1v) is 12.9. The van der Waals surface area contributed by atoms with Gasteiger partial charge in [-0.25, -0.2) is 22.5 Å². The van der Waals surface area contributed by atoms with E-state index in [9.17, 15) is 26.4 Å². The number of fused-ring (bicyclic) bond motifs is 2. The summed E-state index contributed by atoms with van der Waals surface area (Å²) >= 11 is 0. The smallest absolute Gasteiger partial charge is 0.475 e. The molecule has 2 aliphatic rings. The van der Waals surface area contributed by atoms with Gasteiger partial charge in [0.25, 0.3) is 5.91 Å². The van der Waals surface area contributed by atoms with Crippen LogP contribution in [0.1, 0.15) is 37.0 Å². The van der Waals surface area contributed by atoms with Gasteiger partial charge in [-0.2, -0.15) is 13.2 Å². The van der Waals surface area contributed by atoms with Crippen molar-refractivity contribution in [3.63, 3.8) is 0 Å². The summed E-state index contributed by atoms with van der Waals surface area (Å²) in [4.78, 5) is 34.6. The monoisotopic (exact) mass is 548 g/mol. The number of nitrogens with one attached hydrogen (secondary N) is 1. The Kier molecular flexibility index (Phi) is 8.54. The summed E-state index contributed by atoms with van der Waals surface area (Å²) in [6.07, 6.45) is 1.95. The molecule has 0 saturated carbocycles. The van der Waals surface area contributed by atoms with Crippen LogP contribution in [-0.4, -0.2) is 80.3 Å². The zero-order valence-corrected chi connectivity index (χ0v) is 20.9. The number of aromatic nitrogens is 4. The van der Waals surface area contributed by atoms with Crippen molar-refractivity contribution in [3.8, 4) is 0 Å². The lowest BCUT2D eigenvalue weighted by Crippen LogP contribution is -2.54. The van der Waals surface area contributed by atoms with Crippen LogP contribution in [0.15, 0.2) is 24.8 Å². The zero-order valence-electron chi connectivity index (χ0n) is 20.1. The lowest BCUT2D eigenvalue weighted by atomic mass is 9.89. The van der Waals surface area contributed by atoms with Gasteiger partial charge in [-0.05, 0) is 26.7 Å². The third-order valence-corrected chi connectivity index (χ3v) is 7.84. The summed E-state index contributed by atoms with van der Waals surface area (Å²) in [5, 5.41) is 9.99. The topological polar surface area (TPSA) is 157 Å². The van der Waals surface area contributed by atoms with E-state index in [1.54, 1.807) is 25.5 Å². The maximum absolute atomic E-state index is 12.8. The molecule has 2 aliphatic heterocycles. The van der Waals surface area contributed by atoms with Gasteiger partial charge in [-0.15, -0.1) is 0 Å². The lowest BCUT2D eigenvalue weighted by Gasteiger charge is -2.45. The van der Waals surface area contributed by atoms with E-state index in [4.69, 9.17) is 14.6 Å². The Morgan fingerprint density at radius 2 is 1.86 bits per heavy atom. The molecular formula is C21H27F3N6O6S. The number of hydrogen-bond acceptors (Lipinski definition) is 8. The molecule has 0 radical (unpaired) electrons. The number of rotatable bonds is 5. The van der Waals surface area contributed by atoms with Crippen LogP contribution in [0.4, 0.5) is 13.2 Å². The number of ether oxygens (including phenoxy) is 1. The Balaban J connectivity index is 0.000000479. The molecule has 2 N–H and O–H groups in total. The minimum absolute atomic E-state index is 0.0718. The van der Waals surface area contributed by atoms with Crippen molar-refractivity contribution in [3.05, 3.63) is 42.0 Å². The molecule has 1 spiro atoms. The standard InChI is InChI=1S/C19H26N6O4S.C2HF3O2/c1-3-30(27,28)25-7-4-19(5-8-25)18-20-6-9-24(18)13-16(29-19)17(26)23-12-15-11-21-14(2)10-22-15;3-2(4,5)1(6)7/h6,9-11,16H,3-5,7-8,12-13H2,1-2H3,(H,23,26);(H,6,7). The third-order valence-electron chi connectivity index (χ3n) is 5.95. The Morgan fingerprint density at radius 3 is 2.41 bits per heavy atom. The molecular weight excluding hydrogens is 521 g/mol. The van der Waals surface area contributed by atoms with Crippen molar-refractivity contribution < 1.29 is 41.0 Å². The van der Waals surface area contributed by atoms with Gasteiger partial charge in [0.1, 0.15) is 11.4 Å². The largest absolute Gasteiger partial charge is 0.490 e. The van der Waals surface area contributed by atoms with E-state index in [-0.39, 0.29) is 18.2 Å². The average Bonchev–Trinajstić information content (AvgIpc) is 3.33. The van der Waals surface area contributed by atoms with Gasteiger partial charge in [0, 0.05) is 31.7 Å². The summed E-state index contributed by atoms with van der Waals surface area (Å²) in [6.45, 7) is 4.80. The fourth-order valence-electron chi connectivity index (χ4n) is 3.98. The van der Waals surface area contributed by atoms with E-state index in [0.29, 0.717) is 38.2 Å². The Morgan fingerprint density at radius 1 is 1.22 bits per heavy atom. The second kappa shape index (κ2) is 11.1. The maximum Gasteiger partial charge on any atom is 0.490 e. The summed E-state index contributed by atoms with van der Waals surface area (Å²) < 4.78 is 65.9. The molecule has 4 rings (SSSR count). The summed E-state index contributed by atoms with van der Waals surface area (Å²) in [5.74, 6) is -2.17. The molecule has 16 heteroatoms. The first-order chi connectivity index (χ1) is 17.3. The van der Waals surface area contributed by atoms with Gasteiger partial charge in [0.05, 0.1) is 36.4 Å². The van der Waals surface area contributed by atoms with E-state index in [1.165, 1.54) is 4.31 Å². The molecule has 1 fully saturated rings. The summed E-state index contributed by atoms with van der Waals surface area (Å²) in [5.41, 5.74) is 0.709. The van der Waals surface area contributed by atoms with Crippen molar-refractivity contribution in [2.24, 2.45) is 0 Å². The van der Waals surface area contributed by atoms with Crippen LogP contribution in [0.25, 0.3) is 0 Å². The fraction of sp³-hybridized carbons (Fsp3) is 0.571. The number of nitrogens with zero attached hydrogens (tertiary/aromatic N) is 5. The molecule has 2 aromatic heterocycles. The van der Waals surface area contributed by atoms with Gasteiger partial charge in [0.2, 0.25) is 10.0 Å². The number of aliphatic carboxylic acids is 1. The third kappa shape index (κ3) is 6.81. The Hall–Kier alpha value is -3.11. The van der Waals surface area contributed by atoms with Crippen molar-refractivity contribution in [2.75, 3.05) is 18.8 Å². The molecule has 37 heavy (non-hydrogen) atoms. The molecule has 4 heterocycles. The van der Waals surface area contributed by atoms with Crippen molar-refractivity contribution in [1.82, 2.24) is 29.1 Å². The second-order valence-electron chi connectivity index (χ2n) is 8.47. The number of halogens is 3. The SMILES string of the molecule is CCS(=O)(=O)N1CCC2(CC1)OC(C(=O)NCc1cnc(C)cn1)Cn1ccnc12.O=C(O)C(F)(F)F. The molecule has 0 bridgehead atoms. The highest BCUT2D eigenvalue weighted by Gasteiger charge is 2.48. The number of aryl methyl sites for hydroxylation is 1.